The molecule has 0 aliphatic carbocycles. The molecule has 21 heavy (non-hydrogen) atoms. The minimum absolute atomic E-state index is 0.106. The number of pyridine rings is 1. The molecule has 0 unspecified atom stereocenters. The lowest BCUT2D eigenvalue weighted by atomic mass is 10.1. The molecule has 2 rings (SSSR count). The monoisotopic (exact) mass is 322 g/mol. The zero-order valence-corrected chi connectivity index (χ0v) is 13.4. The number of carbonyl (C=O) groups excluding carboxylic acids is 1. The van der Waals surface area contributed by atoms with Crippen molar-refractivity contribution < 1.29 is 4.79 Å². The van der Waals surface area contributed by atoms with Gasteiger partial charge in [-0.3, -0.25) is 4.79 Å². The second-order valence-electron chi connectivity index (χ2n) is 4.81. The lowest BCUT2D eigenvalue weighted by Crippen LogP contribution is -2.30. The van der Waals surface area contributed by atoms with Crippen molar-refractivity contribution in [2.45, 2.75) is 20.4 Å². The van der Waals surface area contributed by atoms with E-state index in [4.69, 9.17) is 23.2 Å². The Bertz CT molecular complexity index is 638. The molecule has 1 heterocycles. The van der Waals surface area contributed by atoms with Crippen LogP contribution >= 0.6 is 23.2 Å². The highest BCUT2D eigenvalue weighted by Gasteiger charge is 2.16. The number of hydrogen-bond acceptors (Lipinski definition) is 2. The van der Waals surface area contributed by atoms with E-state index in [-0.39, 0.29) is 16.2 Å². The third-order valence-corrected chi connectivity index (χ3v) is 3.52. The Morgan fingerprint density at radius 1 is 1.19 bits per heavy atom. The van der Waals surface area contributed by atoms with Crippen LogP contribution in [0.4, 0.5) is 0 Å². The van der Waals surface area contributed by atoms with E-state index in [1.54, 1.807) is 4.90 Å². The van der Waals surface area contributed by atoms with Gasteiger partial charge in [-0.1, -0.05) is 53.0 Å². The minimum atomic E-state index is -0.106. The summed E-state index contributed by atoms with van der Waals surface area (Å²) in [5.41, 5.74) is 2.72. The second kappa shape index (κ2) is 6.92. The number of aromatic nitrogens is 1. The fraction of sp³-hybridized carbons (Fsp3) is 0.250. The first kappa shape index (κ1) is 15.8. The first-order valence-corrected chi connectivity index (χ1v) is 7.43. The molecule has 1 amide bonds. The van der Waals surface area contributed by atoms with Crippen LogP contribution in [-0.2, 0) is 6.54 Å². The molecular formula is C16H16Cl2N2O. The van der Waals surface area contributed by atoms with Crippen molar-refractivity contribution in [3.63, 3.8) is 0 Å². The van der Waals surface area contributed by atoms with Gasteiger partial charge in [0, 0.05) is 18.7 Å². The molecule has 2 aromatic rings. The van der Waals surface area contributed by atoms with Crippen LogP contribution in [0.5, 0.6) is 0 Å². The Hall–Kier alpha value is -1.58. The predicted molar refractivity (Wildman–Crippen MR) is 85.9 cm³/mol. The van der Waals surface area contributed by atoms with Crippen LogP contribution in [0.1, 0.15) is 28.4 Å². The maximum Gasteiger partial charge on any atom is 0.254 e. The SMILES string of the molecule is CCN(Cc1cccc(C)c1)C(=O)c1cc(Cl)nc(Cl)c1. The third-order valence-electron chi connectivity index (χ3n) is 3.13. The summed E-state index contributed by atoms with van der Waals surface area (Å²) in [6.07, 6.45) is 0. The van der Waals surface area contributed by atoms with E-state index in [1.807, 2.05) is 32.0 Å². The fourth-order valence-electron chi connectivity index (χ4n) is 2.13. The van der Waals surface area contributed by atoms with E-state index < -0.39 is 0 Å². The number of benzene rings is 1. The topological polar surface area (TPSA) is 33.2 Å². The Labute approximate surface area is 134 Å². The van der Waals surface area contributed by atoms with Crippen molar-refractivity contribution in [3.8, 4) is 0 Å². The molecule has 1 aromatic carbocycles. The predicted octanol–water partition coefficient (Wildman–Crippen LogP) is 4.36. The molecule has 0 fully saturated rings. The van der Waals surface area contributed by atoms with E-state index in [0.717, 1.165) is 5.56 Å². The summed E-state index contributed by atoms with van der Waals surface area (Å²) in [5, 5.41) is 0.440. The van der Waals surface area contributed by atoms with Crippen LogP contribution in [-0.4, -0.2) is 22.3 Å². The van der Waals surface area contributed by atoms with Gasteiger partial charge in [0.05, 0.1) is 0 Å². The number of hydrogen-bond donors (Lipinski definition) is 0. The lowest BCUT2D eigenvalue weighted by molar-refractivity contribution is 0.0752. The Morgan fingerprint density at radius 3 is 2.43 bits per heavy atom. The summed E-state index contributed by atoms with van der Waals surface area (Å²) < 4.78 is 0. The summed E-state index contributed by atoms with van der Waals surface area (Å²) in [6.45, 7) is 5.13. The average molecular weight is 323 g/mol. The molecule has 0 aliphatic rings. The van der Waals surface area contributed by atoms with Crippen molar-refractivity contribution in [1.29, 1.82) is 0 Å². The second-order valence-corrected chi connectivity index (χ2v) is 5.58. The molecule has 0 atom stereocenters. The normalized spacial score (nSPS) is 10.5. The molecule has 3 nitrogen and oxygen atoms in total. The van der Waals surface area contributed by atoms with Crippen LogP contribution in [0.3, 0.4) is 0 Å². The fourth-order valence-corrected chi connectivity index (χ4v) is 2.59. The molecule has 110 valence electrons. The number of halogens is 2. The van der Waals surface area contributed by atoms with Crippen molar-refractivity contribution >= 4 is 29.1 Å². The molecule has 0 aliphatic heterocycles. The zero-order valence-electron chi connectivity index (χ0n) is 11.9. The summed E-state index contributed by atoms with van der Waals surface area (Å²) in [7, 11) is 0. The van der Waals surface area contributed by atoms with Gasteiger partial charge in [-0.15, -0.1) is 0 Å². The molecule has 0 saturated carbocycles. The lowest BCUT2D eigenvalue weighted by Gasteiger charge is -2.21. The third kappa shape index (κ3) is 4.19. The summed E-state index contributed by atoms with van der Waals surface area (Å²) in [4.78, 5) is 18.2. The van der Waals surface area contributed by atoms with E-state index in [9.17, 15) is 4.79 Å². The zero-order chi connectivity index (χ0) is 15.4. The van der Waals surface area contributed by atoms with Crippen LogP contribution in [0.25, 0.3) is 0 Å². The average Bonchev–Trinajstić information content (AvgIpc) is 2.43. The molecule has 0 radical (unpaired) electrons. The highest BCUT2D eigenvalue weighted by atomic mass is 35.5. The first-order valence-electron chi connectivity index (χ1n) is 6.67. The van der Waals surface area contributed by atoms with Crippen LogP contribution in [0.2, 0.25) is 10.3 Å². The van der Waals surface area contributed by atoms with Gasteiger partial charge < -0.3 is 4.90 Å². The van der Waals surface area contributed by atoms with Crippen LogP contribution in [0, 0.1) is 6.92 Å². The highest BCUT2D eigenvalue weighted by molar-refractivity contribution is 6.33. The Kier molecular flexibility index (Phi) is 5.21. The van der Waals surface area contributed by atoms with Gasteiger partial charge in [-0.05, 0) is 31.5 Å². The van der Waals surface area contributed by atoms with Crippen molar-refractivity contribution in [2.24, 2.45) is 0 Å². The van der Waals surface area contributed by atoms with Gasteiger partial charge in [-0.2, -0.15) is 0 Å². The summed E-state index contributed by atoms with van der Waals surface area (Å²) in [5.74, 6) is -0.106. The van der Waals surface area contributed by atoms with Crippen LogP contribution in [0.15, 0.2) is 36.4 Å². The number of nitrogens with zero attached hydrogens (tertiary/aromatic N) is 2. The standard InChI is InChI=1S/C16H16Cl2N2O/c1-3-20(10-12-6-4-5-11(2)7-12)16(21)13-8-14(17)19-15(18)9-13/h4-9H,3,10H2,1-2H3. The van der Waals surface area contributed by atoms with Crippen molar-refractivity contribution in [2.75, 3.05) is 6.54 Å². The minimum Gasteiger partial charge on any atom is -0.335 e. The smallest absolute Gasteiger partial charge is 0.254 e. The first-order chi connectivity index (χ1) is 9.99. The maximum atomic E-state index is 12.6. The molecule has 0 spiro atoms. The number of carbonyl (C=O) groups is 1. The van der Waals surface area contributed by atoms with Crippen molar-refractivity contribution in [1.82, 2.24) is 9.88 Å². The van der Waals surface area contributed by atoms with E-state index in [0.29, 0.717) is 18.7 Å². The van der Waals surface area contributed by atoms with E-state index in [1.165, 1.54) is 17.7 Å². The van der Waals surface area contributed by atoms with Crippen molar-refractivity contribution in [3.05, 3.63) is 63.4 Å². The summed E-state index contributed by atoms with van der Waals surface area (Å²) in [6, 6.07) is 11.2. The number of aryl methyl sites for hydroxylation is 1. The van der Waals surface area contributed by atoms with E-state index in [2.05, 4.69) is 11.1 Å². The summed E-state index contributed by atoms with van der Waals surface area (Å²) >= 11 is 11.7. The maximum absolute atomic E-state index is 12.6. The number of amides is 1. The van der Waals surface area contributed by atoms with Gasteiger partial charge in [-0.25, -0.2) is 4.98 Å². The van der Waals surface area contributed by atoms with Gasteiger partial charge in [0.15, 0.2) is 0 Å². The van der Waals surface area contributed by atoms with Gasteiger partial charge in [0.2, 0.25) is 0 Å². The Balaban J connectivity index is 2.22. The quantitative estimate of drug-likeness (QED) is 0.783. The van der Waals surface area contributed by atoms with Crippen LogP contribution < -0.4 is 0 Å². The van der Waals surface area contributed by atoms with Gasteiger partial charge >= 0.3 is 0 Å². The molecule has 0 bridgehead atoms. The highest BCUT2D eigenvalue weighted by Crippen LogP contribution is 2.17. The van der Waals surface area contributed by atoms with Gasteiger partial charge in [0.1, 0.15) is 10.3 Å². The molecule has 0 N–H and O–H groups in total. The number of rotatable bonds is 4. The van der Waals surface area contributed by atoms with E-state index >= 15 is 0 Å². The molecular weight excluding hydrogens is 307 g/mol. The molecule has 0 saturated heterocycles. The van der Waals surface area contributed by atoms with Gasteiger partial charge in [0.25, 0.3) is 5.91 Å². The Morgan fingerprint density at radius 2 is 1.86 bits per heavy atom. The molecule has 5 heteroatoms. The molecule has 1 aromatic heterocycles. The largest absolute Gasteiger partial charge is 0.335 e.